The first-order valence-electron chi connectivity index (χ1n) is 8.78. The summed E-state index contributed by atoms with van der Waals surface area (Å²) < 4.78 is 26.5. The van der Waals surface area contributed by atoms with E-state index in [-0.39, 0.29) is 17.7 Å². The molecule has 1 saturated heterocycles. The van der Waals surface area contributed by atoms with Crippen LogP contribution in [0, 0.1) is 5.82 Å². The molecule has 0 aliphatic carbocycles. The predicted octanol–water partition coefficient (Wildman–Crippen LogP) is 2.47. The van der Waals surface area contributed by atoms with E-state index in [9.17, 15) is 14.3 Å². The van der Waals surface area contributed by atoms with Crippen LogP contribution >= 0.6 is 0 Å². The highest BCUT2D eigenvalue weighted by molar-refractivity contribution is 6.62. The van der Waals surface area contributed by atoms with Crippen molar-refractivity contribution in [2.75, 3.05) is 4.90 Å². The first-order valence-corrected chi connectivity index (χ1v) is 8.78. The van der Waals surface area contributed by atoms with Gasteiger partial charge in [0, 0.05) is 17.7 Å². The Morgan fingerprint density at radius 3 is 2.19 bits per heavy atom. The molecule has 142 valence electrons. The van der Waals surface area contributed by atoms with E-state index in [2.05, 4.69) is 0 Å². The highest BCUT2D eigenvalue weighted by atomic mass is 19.1. The van der Waals surface area contributed by atoms with E-state index in [1.807, 2.05) is 45.9 Å². The molecule has 1 heterocycles. The average Bonchev–Trinajstić information content (AvgIpc) is 2.80. The third-order valence-electron chi connectivity index (χ3n) is 5.21. The molecule has 0 radical (unpaired) electrons. The fourth-order valence-corrected chi connectivity index (χ4v) is 2.87. The predicted molar refractivity (Wildman–Crippen MR) is 100 cm³/mol. The number of rotatable bonds is 4. The van der Waals surface area contributed by atoms with E-state index in [0.29, 0.717) is 0 Å². The van der Waals surface area contributed by atoms with Gasteiger partial charge in [-0.1, -0.05) is 36.4 Å². The lowest BCUT2D eigenvalue weighted by Gasteiger charge is -2.32. The lowest BCUT2D eigenvalue weighted by atomic mass is 9.78. The van der Waals surface area contributed by atoms with Gasteiger partial charge in [0.25, 0.3) is 0 Å². The fourth-order valence-electron chi connectivity index (χ4n) is 2.87. The SMILES string of the molecule is CC1(C)OB(c2ccc(N(Cc3ccccc3)C(=O)[O-])cc2F)OC1(C)C. The van der Waals surface area contributed by atoms with E-state index in [4.69, 9.17) is 9.31 Å². The minimum atomic E-state index is -1.40. The molecular formula is C20H22BFNO4-. The Kier molecular flexibility index (Phi) is 5.01. The molecule has 1 fully saturated rings. The molecule has 2 aromatic rings. The van der Waals surface area contributed by atoms with Crippen LogP contribution in [0.25, 0.3) is 0 Å². The van der Waals surface area contributed by atoms with Gasteiger partial charge in [-0.05, 0) is 45.4 Å². The molecule has 7 heteroatoms. The summed E-state index contributed by atoms with van der Waals surface area (Å²) in [5.41, 5.74) is 0.0180. The summed E-state index contributed by atoms with van der Waals surface area (Å²) in [6.45, 7) is 7.61. The maximum Gasteiger partial charge on any atom is 0.497 e. The minimum absolute atomic E-state index is 0.0679. The van der Waals surface area contributed by atoms with Crippen molar-refractivity contribution in [2.45, 2.75) is 45.4 Å². The maximum atomic E-state index is 14.8. The van der Waals surface area contributed by atoms with Gasteiger partial charge in [-0.3, -0.25) is 0 Å². The largest absolute Gasteiger partial charge is 0.530 e. The van der Waals surface area contributed by atoms with Crippen molar-refractivity contribution in [3.05, 3.63) is 59.9 Å². The van der Waals surface area contributed by atoms with Crippen LogP contribution in [0.3, 0.4) is 0 Å². The number of halogens is 1. The van der Waals surface area contributed by atoms with Crippen LogP contribution in [-0.4, -0.2) is 24.4 Å². The van der Waals surface area contributed by atoms with E-state index in [1.54, 1.807) is 12.1 Å². The monoisotopic (exact) mass is 370 g/mol. The minimum Gasteiger partial charge on any atom is -0.530 e. The van der Waals surface area contributed by atoms with Gasteiger partial charge < -0.3 is 24.1 Å². The molecule has 5 nitrogen and oxygen atoms in total. The van der Waals surface area contributed by atoms with Crippen molar-refractivity contribution in [2.24, 2.45) is 0 Å². The summed E-state index contributed by atoms with van der Waals surface area (Å²) in [5, 5.41) is 11.6. The average molecular weight is 370 g/mol. The van der Waals surface area contributed by atoms with E-state index >= 15 is 0 Å². The molecule has 1 amide bonds. The summed E-state index contributed by atoms with van der Waals surface area (Å²) in [6, 6.07) is 13.2. The smallest absolute Gasteiger partial charge is 0.497 e. The third kappa shape index (κ3) is 3.84. The molecule has 0 spiro atoms. The lowest BCUT2D eigenvalue weighted by molar-refractivity contribution is -0.246. The van der Waals surface area contributed by atoms with Gasteiger partial charge in [0.1, 0.15) is 11.9 Å². The second kappa shape index (κ2) is 6.98. The normalized spacial score (nSPS) is 17.7. The van der Waals surface area contributed by atoms with Crippen LogP contribution in [0.4, 0.5) is 14.9 Å². The topological polar surface area (TPSA) is 61.8 Å². The first kappa shape index (κ1) is 19.4. The van der Waals surface area contributed by atoms with Crippen molar-refractivity contribution in [3.63, 3.8) is 0 Å². The van der Waals surface area contributed by atoms with Crippen LogP contribution in [-0.2, 0) is 15.9 Å². The van der Waals surface area contributed by atoms with Crippen molar-refractivity contribution in [1.82, 2.24) is 0 Å². The summed E-state index contributed by atoms with van der Waals surface area (Å²) in [6.07, 6.45) is -1.40. The summed E-state index contributed by atoms with van der Waals surface area (Å²) in [7, 11) is -0.852. The van der Waals surface area contributed by atoms with Crippen LogP contribution in [0.5, 0.6) is 0 Å². The van der Waals surface area contributed by atoms with Crippen LogP contribution in [0.2, 0.25) is 0 Å². The lowest BCUT2D eigenvalue weighted by Crippen LogP contribution is -2.42. The third-order valence-corrected chi connectivity index (χ3v) is 5.21. The van der Waals surface area contributed by atoms with Crippen molar-refractivity contribution in [3.8, 4) is 0 Å². The van der Waals surface area contributed by atoms with Gasteiger partial charge in [0.15, 0.2) is 0 Å². The Morgan fingerprint density at radius 1 is 1.07 bits per heavy atom. The Hall–Kier alpha value is -2.38. The van der Waals surface area contributed by atoms with Gasteiger partial charge in [-0.25, -0.2) is 4.39 Å². The molecule has 0 bridgehead atoms. The molecule has 3 rings (SSSR count). The molecule has 0 atom stereocenters. The van der Waals surface area contributed by atoms with Gasteiger partial charge in [-0.15, -0.1) is 0 Å². The fraction of sp³-hybridized carbons (Fsp3) is 0.350. The van der Waals surface area contributed by atoms with E-state index in [0.717, 1.165) is 10.5 Å². The molecule has 1 aliphatic heterocycles. The zero-order valence-electron chi connectivity index (χ0n) is 15.9. The maximum absolute atomic E-state index is 14.8. The number of benzene rings is 2. The Morgan fingerprint density at radius 2 is 1.67 bits per heavy atom. The molecule has 0 aromatic heterocycles. The summed E-state index contributed by atoms with van der Waals surface area (Å²) >= 11 is 0. The quantitative estimate of drug-likeness (QED) is 0.776. The Labute approximate surface area is 158 Å². The van der Waals surface area contributed by atoms with Crippen LogP contribution < -0.4 is 15.5 Å². The number of hydrogen-bond acceptors (Lipinski definition) is 4. The van der Waals surface area contributed by atoms with E-state index in [1.165, 1.54) is 18.2 Å². The van der Waals surface area contributed by atoms with Gasteiger partial charge in [0.2, 0.25) is 0 Å². The zero-order valence-corrected chi connectivity index (χ0v) is 15.9. The number of anilines is 1. The number of hydrogen-bond donors (Lipinski definition) is 0. The number of amides is 1. The molecule has 0 unspecified atom stereocenters. The molecule has 27 heavy (non-hydrogen) atoms. The number of carboxylic acid groups (broad SMARTS) is 1. The van der Waals surface area contributed by atoms with Gasteiger partial charge in [-0.2, -0.15) is 0 Å². The van der Waals surface area contributed by atoms with Crippen LogP contribution in [0.15, 0.2) is 48.5 Å². The van der Waals surface area contributed by atoms with Crippen molar-refractivity contribution < 1.29 is 23.6 Å². The zero-order chi connectivity index (χ0) is 19.8. The molecule has 0 N–H and O–H groups in total. The standard InChI is InChI=1S/C20H23BFNO4/c1-19(2)20(3,4)27-21(26-19)16-11-10-15(12-17(16)22)23(18(24)25)13-14-8-6-5-7-9-14/h5-12H,13H2,1-4H3,(H,24,25)/p-1. The van der Waals surface area contributed by atoms with Crippen molar-refractivity contribution >= 4 is 24.4 Å². The molecule has 0 saturated carbocycles. The summed E-state index contributed by atoms with van der Waals surface area (Å²) in [4.78, 5) is 12.6. The highest BCUT2D eigenvalue weighted by Crippen LogP contribution is 2.36. The number of nitrogens with zero attached hydrogens (tertiary/aromatic N) is 1. The second-order valence-corrected chi connectivity index (χ2v) is 7.63. The second-order valence-electron chi connectivity index (χ2n) is 7.63. The number of carbonyl (C=O) groups is 1. The van der Waals surface area contributed by atoms with Crippen molar-refractivity contribution in [1.29, 1.82) is 0 Å². The first-order chi connectivity index (χ1) is 12.6. The van der Waals surface area contributed by atoms with Crippen LogP contribution in [0.1, 0.15) is 33.3 Å². The number of carbonyl (C=O) groups excluding carboxylic acids is 1. The Balaban J connectivity index is 1.86. The summed E-state index contributed by atoms with van der Waals surface area (Å²) in [5.74, 6) is -0.592. The molecule has 1 aliphatic rings. The van der Waals surface area contributed by atoms with Gasteiger partial charge in [0.05, 0.1) is 11.2 Å². The molecule has 2 aromatic carbocycles. The van der Waals surface area contributed by atoms with E-state index < -0.39 is 30.2 Å². The highest BCUT2D eigenvalue weighted by Gasteiger charge is 2.52. The van der Waals surface area contributed by atoms with Gasteiger partial charge >= 0.3 is 7.12 Å². The Bertz CT molecular complexity index is 825. The molecular weight excluding hydrogens is 348 g/mol.